The van der Waals surface area contributed by atoms with Gasteiger partial charge in [-0.3, -0.25) is 15.0 Å². The van der Waals surface area contributed by atoms with Crippen molar-refractivity contribution in [1.29, 1.82) is 0 Å². The van der Waals surface area contributed by atoms with Crippen LogP contribution in [0.1, 0.15) is 0 Å². The van der Waals surface area contributed by atoms with Gasteiger partial charge in [0.05, 0.1) is 23.8 Å². The number of alkyl halides is 1. The molecular weight excluding hydrogens is 282 g/mol. The summed E-state index contributed by atoms with van der Waals surface area (Å²) in [5, 5.41) is 10.8. The van der Waals surface area contributed by atoms with Gasteiger partial charge in [0.25, 0.3) is 5.69 Å². The van der Waals surface area contributed by atoms with Crippen molar-refractivity contribution in [1.82, 2.24) is 4.90 Å². The topological polar surface area (TPSA) is 58.9 Å². The maximum absolute atomic E-state index is 10.8. The lowest BCUT2D eigenvalue weighted by atomic mass is 10.2. The van der Waals surface area contributed by atoms with Crippen LogP contribution < -0.4 is 9.64 Å². The minimum absolute atomic E-state index is 0.0476. The molecule has 1 fully saturated rings. The van der Waals surface area contributed by atoms with Crippen LogP contribution in [0.4, 0.5) is 11.4 Å². The molecule has 1 aromatic rings. The molecule has 0 spiro atoms. The second kappa shape index (κ2) is 6.76. The van der Waals surface area contributed by atoms with E-state index in [1.54, 1.807) is 6.07 Å². The fourth-order valence-corrected chi connectivity index (χ4v) is 2.61. The highest BCUT2D eigenvalue weighted by molar-refractivity contribution is 6.18. The number of nitrogens with zero attached hydrogens (tertiary/aromatic N) is 3. The number of ether oxygens (including phenoxy) is 1. The second-order valence-corrected chi connectivity index (χ2v) is 5.01. The molecule has 0 N–H and O–H groups in total. The van der Waals surface area contributed by atoms with E-state index in [2.05, 4.69) is 9.80 Å². The largest absolute Gasteiger partial charge is 0.494 e. The van der Waals surface area contributed by atoms with Crippen LogP contribution in [0, 0.1) is 10.1 Å². The molecule has 7 heteroatoms. The summed E-state index contributed by atoms with van der Waals surface area (Å²) in [6, 6.07) is 4.75. The number of halogens is 1. The number of nitro groups is 1. The highest BCUT2D eigenvalue weighted by Gasteiger charge is 2.21. The summed E-state index contributed by atoms with van der Waals surface area (Å²) >= 11 is 5.74. The number of benzene rings is 1. The molecule has 0 radical (unpaired) electrons. The second-order valence-electron chi connectivity index (χ2n) is 4.63. The summed E-state index contributed by atoms with van der Waals surface area (Å²) in [7, 11) is 1.53. The highest BCUT2D eigenvalue weighted by atomic mass is 35.5. The Morgan fingerprint density at radius 2 is 2.05 bits per heavy atom. The maximum atomic E-state index is 10.8. The van der Waals surface area contributed by atoms with Gasteiger partial charge in [0.15, 0.2) is 0 Å². The first-order valence-electron chi connectivity index (χ1n) is 6.51. The van der Waals surface area contributed by atoms with Crippen molar-refractivity contribution in [2.75, 3.05) is 50.6 Å². The zero-order valence-corrected chi connectivity index (χ0v) is 12.2. The average Bonchev–Trinajstić information content (AvgIpc) is 2.47. The van der Waals surface area contributed by atoms with Crippen LogP contribution in [0.3, 0.4) is 0 Å². The summed E-state index contributed by atoms with van der Waals surface area (Å²) in [6.07, 6.45) is 0. The molecule has 1 aliphatic heterocycles. The molecule has 1 heterocycles. The van der Waals surface area contributed by atoms with Crippen molar-refractivity contribution in [2.45, 2.75) is 0 Å². The van der Waals surface area contributed by atoms with Crippen LogP contribution in [0.5, 0.6) is 5.75 Å². The zero-order valence-electron chi connectivity index (χ0n) is 11.4. The summed E-state index contributed by atoms with van der Waals surface area (Å²) in [4.78, 5) is 14.9. The van der Waals surface area contributed by atoms with Crippen LogP contribution in [0.15, 0.2) is 18.2 Å². The van der Waals surface area contributed by atoms with E-state index < -0.39 is 4.92 Å². The van der Waals surface area contributed by atoms with Gasteiger partial charge in [-0.15, -0.1) is 11.6 Å². The molecule has 0 bridgehead atoms. The average molecular weight is 300 g/mol. The number of anilines is 1. The fraction of sp³-hybridized carbons (Fsp3) is 0.538. The van der Waals surface area contributed by atoms with Gasteiger partial charge in [0.2, 0.25) is 0 Å². The van der Waals surface area contributed by atoms with E-state index in [0.29, 0.717) is 11.6 Å². The number of piperazine rings is 1. The first kappa shape index (κ1) is 14.9. The molecule has 1 saturated heterocycles. The maximum Gasteiger partial charge on any atom is 0.273 e. The number of rotatable bonds is 5. The van der Waals surface area contributed by atoms with Gasteiger partial charge in [0.1, 0.15) is 5.75 Å². The van der Waals surface area contributed by atoms with Gasteiger partial charge in [-0.25, -0.2) is 0 Å². The third-order valence-corrected chi connectivity index (χ3v) is 3.66. The van der Waals surface area contributed by atoms with E-state index in [0.717, 1.165) is 38.4 Å². The van der Waals surface area contributed by atoms with Crippen LogP contribution in [0.2, 0.25) is 0 Å². The van der Waals surface area contributed by atoms with Gasteiger partial charge in [-0.05, 0) is 6.07 Å². The quantitative estimate of drug-likeness (QED) is 0.472. The number of non-ortho nitro benzene ring substituents is 1. The van der Waals surface area contributed by atoms with Crippen molar-refractivity contribution < 1.29 is 9.66 Å². The van der Waals surface area contributed by atoms with E-state index >= 15 is 0 Å². The minimum Gasteiger partial charge on any atom is -0.494 e. The number of hydrogen-bond acceptors (Lipinski definition) is 5. The van der Waals surface area contributed by atoms with Crippen LogP contribution in [0.25, 0.3) is 0 Å². The molecular formula is C13H18ClN3O3. The third kappa shape index (κ3) is 3.32. The summed E-state index contributed by atoms with van der Waals surface area (Å²) in [6.45, 7) is 4.50. The number of nitro benzene ring substituents is 1. The molecule has 0 aliphatic carbocycles. The third-order valence-electron chi connectivity index (χ3n) is 3.49. The Morgan fingerprint density at radius 3 is 2.60 bits per heavy atom. The number of methoxy groups -OCH3 is 1. The summed E-state index contributed by atoms with van der Waals surface area (Å²) in [5.41, 5.74) is 0.954. The molecule has 0 amide bonds. The van der Waals surface area contributed by atoms with E-state index in [4.69, 9.17) is 16.3 Å². The monoisotopic (exact) mass is 299 g/mol. The minimum atomic E-state index is -0.412. The first-order chi connectivity index (χ1) is 9.65. The Kier molecular flexibility index (Phi) is 5.03. The zero-order chi connectivity index (χ0) is 14.5. The standard InChI is InChI=1S/C13H18ClN3O3/c1-20-13-10-11(17(18)19)2-3-12(13)16-8-6-15(5-4-14)7-9-16/h2-3,10H,4-9H2,1H3. The van der Waals surface area contributed by atoms with Gasteiger partial charge >= 0.3 is 0 Å². The molecule has 0 saturated carbocycles. The Balaban J connectivity index is 2.11. The van der Waals surface area contributed by atoms with Crippen molar-refractivity contribution in [3.63, 3.8) is 0 Å². The highest BCUT2D eigenvalue weighted by Crippen LogP contribution is 2.32. The van der Waals surface area contributed by atoms with E-state index in [9.17, 15) is 10.1 Å². The fourth-order valence-electron chi connectivity index (χ4n) is 2.37. The van der Waals surface area contributed by atoms with Crippen LogP contribution in [-0.4, -0.2) is 55.5 Å². The molecule has 1 aromatic carbocycles. The van der Waals surface area contributed by atoms with E-state index in [-0.39, 0.29) is 5.69 Å². The smallest absolute Gasteiger partial charge is 0.273 e. The lowest BCUT2D eigenvalue weighted by Crippen LogP contribution is -2.47. The van der Waals surface area contributed by atoms with Crippen molar-refractivity contribution in [3.05, 3.63) is 28.3 Å². The Hall–Kier alpha value is -1.53. The molecule has 20 heavy (non-hydrogen) atoms. The first-order valence-corrected chi connectivity index (χ1v) is 7.05. The molecule has 2 rings (SSSR count). The van der Waals surface area contributed by atoms with Crippen LogP contribution in [-0.2, 0) is 0 Å². The van der Waals surface area contributed by atoms with Crippen molar-refractivity contribution >= 4 is 23.0 Å². The molecule has 0 atom stereocenters. The van der Waals surface area contributed by atoms with E-state index in [1.165, 1.54) is 19.2 Å². The lowest BCUT2D eigenvalue weighted by molar-refractivity contribution is -0.384. The molecule has 1 aliphatic rings. The molecule has 6 nitrogen and oxygen atoms in total. The molecule has 110 valence electrons. The Bertz CT molecular complexity index is 476. The SMILES string of the molecule is COc1cc([N+](=O)[O-])ccc1N1CCN(CCCl)CC1. The van der Waals surface area contributed by atoms with Crippen LogP contribution >= 0.6 is 11.6 Å². The van der Waals surface area contributed by atoms with Gasteiger partial charge < -0.3 is 9.64 Å². The lowest BCUT2D eigenvalue weighted by Gasteiger charge is -2.36. The van der Waals surface area contributed by atoms with Gasteiger partial charge in [-0.2, -0.15) is 0 Å². The molecule has 0 aromatic heterocycles. The number of hydrogen-bond donors (Lipinski definition) is 0. The Morgan fingerprint density at radius 1 is 1.35 bits per heavy atom. The summed E-state index contributed by atoms with van der Waals surface area (Å²) < 4.78 is 5.28. The van der Waals surface area contributed by atoms with Crippen molar-refractivity contribution in [3.8, 4) is 5.75 Å². The summed E-state index contributed by atoms with van der Waals surface area (Å²) in [5.74, 6) is 1.19. The Labute approximate surface area is 123 Å². The van der Waals surface area contributed by atoms with Crippen molar-refractivity contribution in [2.24, 2.45) is 0 Å². The predicted octanol–water partition coefficient (Wildman–Crippen LogP) is 1.96. The predicted molar refractivity (Wildman–Crippen MR) is 79.0 cm³/mol. The molecule has 0 unspecified atom stereocenters. The normalized spacial score (nSPS) is 16.2. The van der Waals surface area contributed by atoms with E-state index in [1.807, 2.05) is 0 Å². The van der Waals surface area contributed by atoms with Gasteiger partial charge in [-0.1, -0.05) is 0 Å². The van der Waals surface area contributed by atoms with Gasteiger partial charge in [0, 0.05) is 44.7 Å².